The Morgan fingerprint density at radius 3 is 2.68 bits per heavy atom. The van der Waals surface area contributed by atoms with Crippen molar-refractivity contribution in [2.75, 3.05) is 44.3 Å². The molecule has 0 spiro atoms. The Balaban J connectivity index is 1.76. The molecule has 37 heavy (non-hydrogen) atoms. The number of aromatic nitrogens is 1. The summed E-state index contributed by atoms with van der Waals surface area (Å²) in [5.74, 6) is -0.573. The van der Waals surface area contributed by atoms with Gasteiger partial charge in [-0.25, -0.2) is 22.0 Å². The Morgan fingerprint density at radius 2 is 2.03 bits per heavy atom. The van der Waals surface area contributed by atoms with E-state index in [4.69, 9.17) is 4.74 Å². The number of aryl methyl sites for hydroxylation is 1. The van der Waals surface area contributed by atoms with Crippen molar-refractivity contribution in [1.82, 2.24) is 14.8 Å². The second-order valence-corrected chi connectivity index (χ2v) is 11.0. The first-order valence-corrected chi connectivity index (χ1v) is 13.6. The van der Waals surface area contributed by atoms with E-state index in [9.17, 15) is 27.1 Å². The number of aromatic carboxylic acids is 1. The predicted octanol–water partition coefficient (Wildman–Crippen LogP) is 3.68. The molecular formula is C25H30F2N4O5S. The smallest absolute Gasteiger partial charge is 0.337 e. The first-order valence-electron chi connectivity index (χ1n) is 11.7. The molecule has 2 heterocycles. The van der Waals surface area contributed by atoms with Gasteiger partial charge in [-0.2, -0.15) is 0 Å². The Labute approximate surface area is 214 Å². The van der Waals surface area contributed by atoms with Gasteiger partial charge in [-0.3, -0.25) is 14.5 Å². The minimum atomic E-state index is -3.76. The molecule has 1 aliphatic rings. The number of sulfonamides is 1. The Kier molecular flexibility index (Phi) is 7.72. The highest BCUT2D eigenvalue weighted by Gasteiger charge is 2.31. The van der Waals surface area contributed by atoms with Crippen LogP contribution < -0.4 is 9.46 Å². The number of carbonyl (C=O) groups is 1. The number of carboxylic acid groups (broad SMARTS) is 1. The molecule has 12 heteroatoms. The molecule has 1 saturated heterocycles. The molecule has 4 rings (SSSR count). The lowest BCUT2D eigenvalue weighted by Crippen LogP contribution is -2.49. The largest absolute Gasteiger partial charge is 0.496 e. The lowest BCUT2D eigenvalue weighted by Gasteiger charge is -2.42. The van der Waals surface area contributed by atoms with E-state index in [0.29, 0.717) is 30.9 Å². The van der Waals surface area contributed by atoms with E-state index < -0.39 is 28.5 Å². The minimum Gasteiger partial charge on any atom is -0.496 e. The number of nitrogens with zero attached hydrogens (tertiary/aromatic N) is 2. The van der Waals surface area contributed by atoms with Crippen LogP contribution in [-0.2, 0) is 16.6 Å². The number of fused-ring (bicyclic) bond motifs is 1. The lowest BCUT2D eigenvalue weighted by molar-refractivity contribution is 0.0246. The second kappa shape index (κ2) is 10.6. The third kappa shape index (κ3) is 6.03. The summed E-state index contributed by atoms with van der Waals surface area (Å²) in [4.78, 5) is 18.8. The maximum absolute atomic E-state index is 13.2. The van der Waals surface area contributed by atoms with E-state index >= 15 is 0 Å². The van der Waals surface area contributed by atoms with Gasteiger partial charge in [0.1, 0.15) is 5.75 Å². The van der Waals surface area contributed by atoms with Gasteiger partial charge < -0.3 is 14.8 Å². The fourth-order valence-electron chi connectivity index (χ4n) is 4.97. The van der Waals surface area contributed by atoms with Crippen molar-refractivity contribution in [3.63, 3.8) is 0 Å². The van der Waals surface area contributed by atoms with E-state index in [1.807, 2.05) is 25.3 Å². The van der Waals surface area contributed by atoms with Gasteiger partial charge in [0, 0.05) is 54.9 Å². The number of aromatic amines is 1. The van der Waals surface area contributed by atoms with Crippen LogP contribution in [0.25, 0.3) is 10.9 Å². The van der Waals surface area contributed by atoms with Crippen LogP contribution in [0.4, 0.5) is 14.5 Å². The number of hydrogen-bond acceptors (Lipinski definition) is 6. The van der Waals surface area contributed by atoms with Crippen molar-refractivity contribution in [1.29, 1.82) is 0 Å². The number of hydrogen-bond donors (Lipinski definition) is 3. The summed E-state index contributed by atoms with van der Waals surface area (Å²) in [5.41, 5.74) is 3.29. The first-order chi connectivity index (χ1) is 17.5. The van der Waals surface area contributed by atoms with Crippen LogP contribution in [0.3, 0.4) is 0 Å². The van der Waals surface area contributed by atoms with Crippen molar-refractivity contribution in [3.8, 4) is 5.75 Å². The number of rotatable bonds is 9. The zero-order chi connectivity index (χ0) is 26.9. The molecule has 1 aliphatic heterocycles. The fraction of sp³-hybridized carbons (Fsp3) is 0.400. The highest BCUT2D eigenvalue weighted by Crippen LogP contribution is 2.36. The van der Waals surface area contributed by atoms with Gasteiger partial charge in [0.25, 0.3) is 6.43 Å². The van der Waals surface area contributed by atoms with Crippen LogP contribution in [0.1, 0.15) is 33.1 Å². The number of methoxy groups -OCH3 is 1. The topological polar surface area (TPSA) is 115 Å². The van der Waals surface area contributed by atoms with Crippen LogP contribution >= 0.6 is 0 Å². The summed E-state index contributed by atoms with van der Waals surface area (Å²) < 4.78 is 58.3. The van der Waals surface area contributed by atoms with Gasteiger partial charge >= 0.3 is 5.97 Å². The highest BCUT2D eigenvalue weighted by atomic mass is 32.2. The number of anilines is 1. The van der Waals surface area contributed by atoms with E-state index in [0.717, 1.165) is 28.3 Å². The molecule has 1 aromatic heterocycles. The predicted molar refractivity (Wildman–Crippen MR) is 137 cm³/mol. The molecule has 3 N–H and O–H groups in total. The maximum Gasteiger partial charge on any atom is 0.337 e. The molecule has 1 fully saturated rings. The van der Waals surface area contributed by atoms with Gasteiger partial charge in [-0.05, 0) is 42.3 Å². The molecule has 200 valence electrons. The fourth-order valence-corrected chi connectivity index (χ4v) is 5.54. The summed E-state index contributed by atoms with van der Waals surface area (Å²) in [6.07, 6.45) is 0.293. The maximum atomic E-state index is 13.2. The summed E-state index contributed by atoms with van der Waals surface area (Å²) in [6, 6.07) is 7.94. The van der Waals surface area contributed by atoms with Gasteiger partial charge in [-0.15, -0.1) is 0 Å². The van der Waals surface area contributed by atoms with Gasteiger partial charge in [0.2, 0.25) is 10.0 Å². The number of ether oxygens (including phenoxy) is 1. The number of carboxylic acids is 1. The van der Waals surface area contributed by atoms with Crippen molar-refractivity contribution >= 4 is 32.6 Å². The Morgan fingerprint density at radius 1 is 1.27 bits per heavy atom. The molecule has 0 amide bonds. The molecule has 1 atom stereocenters. The monoisotopic (exact) mass is 536 g/mol. The Bertz CT molecular complexity index is 1410. The second-order valence-electron chi connectivity index (χ2n) is 9.26. The lowest BCUT2D eigenvalue weighted by atomic mass is 9.97. The first kappa shape index (κ1) is 26.8. The van der Waals surface area contributed by atoms with Gasteiger partial charge in [0.15, 0.2) is 0 Å². The summed E-state index contributed by atoms with van der Waals surface area (Å²) in [6.45, 7) is 3.20. The molecular weight excluding hydrogens is 506 g/mol. The third-order valence-electron chi connectivity index (χ3n) is 6.62. The van der Waals surface area contributed by atoms with E-state index in [1.165, 1.54) is 12.1 Å². The molecule has 3 aromatic rings. The third-order valence-corrected chi connectivity index (χ3v) is 7.21. The average Bonchev–Trinajstić information content (AvgIpc) is 3.30. The van der Waals surface area contributed by atoms with Gasteiger partial charge in [-0.1, -0.05) is 6.07 Å². The molecule has 9 nitrogen and oxygen atoms in total. The minimum absolute atomic E-state index is 0.0700. The van der Waals surface area contributed by atoms with E-state index in [1.54, 1.807) is 18.1 Å². The number of H-pyrrole nitrogens is 1. The standard InChI is InChI=1S/C25H30F2N4O5S/c1-15-10-22(36-2)19(17-6-7-28-24(15)17)12-31-9-8-30(14-23(26)27)13-21(31)16-4-5-18(25(32)33)20(11-16)29-37(3,34)35/h4-7,10-11,21,23,28-29H,8-9,12-14H2,1-3H3,(H,32,33)/t21-/m1/s1. The number of alkyl halides is 2. The van der Waals surface area contributed by atoms with Crippen LogP contribution in [0, 0.1) is 6.92 Å². The van der Waals surface area contributed by atoms with Gasteiger partial charge in [0.05, 0.1) is 31.2 Å². The Hall–Kier alpha value is -3.22. The molecule has 0 saturated carbocycles. The normalized spacial score (nSPS) is 17.4. The SMILES string of the molecule is COc1cc(C)c2[nH]ccc2c1CN1CCN(CC(F)F)C[C@@H]1c1ccc(C(=O)O)c(NS(C)(=O)=O)c1. The van der Waals surface area contributed by atoms with Crippen molar-refractivity contribution in [2.45, 2.75) is 25.9 Å². The zero-order valence-electron chi connectivity index (χ0n) is 20.8. The molecule has 0 radical (unpaired) electrons. The van der Waals surface area contributed by atoms with Crippen molar-refractivity contribution in [3.05, 3.63) is 58.8 Å². The molecule has 0 aliphatic carbocycles. The summed E-state index contributed by atoms with van der Waals surface area (Å²) in [5, 5.41) is 10.6. The molecule has 0 unspecified atom stereocenters. The number of piperazine rings is 1. The number of halogens is 2. The quantitative estimate of drug-likeness (QED) is 0.382. The summed E-state index contributed by atoms with van der Waals surface area (Å²) in [7, 11) is -2.16. The van der Waals surface area contributed by atoms with E-state index in [-0.39, 0.29) is 24.3 Å². The van der Waals surface area contributed by atoms with Crippen molar-refractivity contribution < 1.29 is 31.8 Å². The van der Waals surface area contributed by atoms with Crippen LogP contribution in [-0.4, -0.2) is 80.2 Å². The number of benzene rings is 2. The summed E-state index contributed by atoms with van der Waals surface area (Å²) >= 11 is 0. The van der Waals surface area contributed by atoms with Crippen molar-refractivity contribution in [2.24, 2.45) is 0 Å². The van der Waals surface area contributed by atoms with Crippen LogP contribution in [0.15, 0.2) is 36.5 Å². The molecule has 2 aromatic carbocycles. The zero-order valence-corrected chi connectivity index (χ0v) is 21.6. The van der Waals surface area contributed by atoms with E-state index in [2.05, 4.69) is 14.6 Å². The average molecular weight is 537 g/mol. The van der Waals surface area contributed by atoms with Crippen LogP contribution in [0.2, 0.25) is 0 Å². The number of nitrogens with one attached hydrogen (secondary N) is 2. The highest BCUT2D eigenvalue weighted by molar-refractivity contribution is 7.92. The molecule has 0 bridgehead atoms. The van der Waals surface area contributed by atoms with Crippen LogP contribution in [0.5, 0.6) is 5.75 Å².